The standard InChI is InChI=1S/C14H17NOS/c1-15-13(14-8-5-11-17-14)9-10-16-12-6-3-2-4-7-12/h2-8,11,13,15H,9-10H2,1H3. The molecule has 2 rings (SSSR count). The zero-order valence-corrected chi connectivity index (χ0v) is 10.7. The molecule has 1 heterocycles. The van der Waals surface area contributed by atoms with Gasteiger partial charge >= 0.3 is 0 Å². The van der Waals surface area contributed by atoms with Crippen molar-refractivity contribution in [2.24, 2.45) is 0 Å². The third-order valence-corrected chi connectivity index (χ3v) is 3.64. The minimum atomic E-state index is 0.388. The summed E-state index contributed by atoms with van der Waals surface area (Å²) in [4.78, 5) is 1.36. The third-order valence-electron chi connectivity index (χ3n) is 2.65. The van der Waals surface area contributed by atoms with Gasteiger partial charge in [-0.1, -0.05) is 24.3 Å². The number of thiophene rings is 1. The number of hydrogen-bond donors (Lipinski definition) is 1. The maximum absolute atomic E-state index is 5.70. The average molecular weight is 247 g/mol. The van der Waals surface area contributed by atoms with E-state index in [0.717, 1.165) is 18.8 Å². The Kier molecular flexibility index (Phi) is 4.59. The minimum Gasteiger partial charge on any atom is -0.494 e. The van der Waals surface area contributed by atoms with Gasteiger partial charge in [0.25, 0.3) is 0 Å². The van der Waals surface area contributed by atoms with Crippen LogP contribution in [0.5, 0.6) is 5.75 Å². The lowest BCUT2D eigenvalue weighted by Gasteiger charge is -2.14. The van der Waals surface area contributed by atoms with Gasteiger partial charge in [0, 0.05) is 17.3 Å². The van der Waals surface area contributed by atoms with Crippen LogP contribution in [-0.4, -0.2) is 13.7 Å². The molecule has 1 aromatic carbocycles. The first-order chi connectivity index (χ1) is 8.40. The quantitative estimate of drug-likeness (QED) is 0.844. The molecule has 3 heteroatoms. The molecule has 0 spiro atoms. The summed E-state index contributed by atoms with van der Waals surface area (Å²) < 4.78 is 5.70. The number of hydrogen-bond acceptors (Lipinski definition) is 3. The predicted molar refractivity (Wildman–Crippen MR) is 72.7 cm³/mol. The number of benzene rings is 1. The molecule has 0 radical (unpaired) electrons. The van der Waals surface area contributed by atoms with Crippen LogP contribution in [0.15, 0.2) is 47.8 Å². The molecular weight excluding hydrogens is 230 g/mol. The highest BCUT2D eigenvalue weighted by Gasteiger charge is 2.09. The van der Waals surface area contributed by atoms with Gasteiger partial charge in [-0.05, 0) is 30.6 Å². The first-order valence-corrected chi connectivity index (χ1v) is 6.66. The highest BCUT2D eigenvalue weighted by molar-refractivity contribution is 7.10. The molecule has 1 atom stereocenters. The number of ether oxygens (including phenoxy) is 1. The van der Waals surface area contributed by atoms with Crippen molar-refractivity contribution in [3.05, 3.63) is 52.7 Å². The molecule has 2 nitrogen and oxygen atoms in total. The largest absolute Gasteiger partial charge is 0.494 e. The van der Waals surface area contributed by atoms with Gasteiger partial charge < -0.3 is 10.1 Å². The number of rotatable bonds is 6. The van der Waals surface area contributed by atoms with Crippen LogP contribution in [0.1, 0.15) is 17.3 Å². The van der Waals surface area contributed by atoms with Crippen LogP contribution in [-0.2, 0) is 0 Å². The van der Waals surface area contributed by atoms with Crippen LogP contribution in [0.4, 0.5) is 0 Å². The molecule has 17 heavy (non-hydrogen) atoms. The van der Waals surface area contributed by atoms with Crippen molar-refractivity contribution in [3.8, 4) is 5.75 Å². The summed E-state index contributed by atoms with van der Waals surface area (Å²) >= 11 is 1.78. The van der Waals surface area contributed by atoms with E-state index in [1.807, 2.05) is 37.4 Å². The Labute approximate surface area is 106 Å². The lowest BCUT2D eigenvalue weighted by atomic mass is 10.2. The lowest BCUT2D eigenvalue weighted by molar-refractivity contribution is 0.291. The lowest BCUT2D eigenvalue weighted by Crippen LogP contribution is -2.17. The summed E-state index contributed by atoms with van der Waals surface area (Å²) in [5, 5.41) is 5.43. The summed E-state index contributed by atoms with van der Waals surface area (Å²) in [5.74, 6) is 0.938. The molecule has 0 aliphatic heterocycles. The van der Waals surface area contributed by atoms with Crippen molar-refractivity contribution in [1.29, 1.82) is 0 Å². The van der Waals surface area contributed by atoms with E-state index >= 15 is 0 Å². The molecule has 0 bridgehead atoms. The molecular formula is C14H17NOS. The molecule has 0 saturated carbocycles. The molecule has 90 valence electrons. The van der Waals surface area contributed by atoms with Gasteiger partial charge in [-0.2, -0.15) is 0 Å². The van der Waals surface area contributed by atoms with Gasteiger partial charge in [-0.3, -0.25) is 0 Å². The molecule has 0 fully saturated rings. The minimum absolute atomic E-state index is 0.388. The van der Waals surface area contributed by atoms with E-state index in [1.165, 1.54) is 4.88 Å². The van der Waals surface area contributed by atoms with Crippen molar-refractivity contribution < 1.29 is 4.74 Å². The summed E-state index contributed by atoms with van der Waals surface area (Å²) in [6, 6.07) is 14.6. The maximum atomic E-state index is 5.70. The third kappa shape index (κ3) is 3.58. The fraction of sp³-hybridized carbons (Fsp3) is 0.286. The molecule has 1 unspecified atom stereocenters. The maximum Gasteiger partial charge on any atom is 0.119 e. The average Bonchev–Trinajstić information content (AvgIpc) is 2.90. The predicted octanol–water partition coefficient (Wildman–Crippen LogP) is 3.48. The van der Waals surface area contributed by atoms with Crippen molar-refractivity contribution in [3.63, 3.8) is 0 Å². The number of nitrogens with one attached hydrogen (secondary N) is 1. The van der Waals surface area contributed by atoms with E-state index in [0.29, 0.717) is 6.04 Å². The van der Waals surface area contributed by atoms with E-state index in [9.17, 15) is 0 Å². The SMILES string of the molecule is CNC(CCOc1ccccc1)c1cccs1. The van der Waals surface area contributed by atoms with Crippen LogP contribution in [0.3, 0.4) is 0 Å². The van der Waals surface area contributed by atoms with E-state index in [4.69, 9.17) is 4.74 Å². The Bertz CT molecular complexity index is 413. The smallest absolute Gasteiger partial charge is 0.119 e. The molecule has 0 aliphatic carbocycles. The Balaban J connectivity index is 1.81. The van der Waals surface area contributed by atoms with Crippen LogP contribution in [0.25, 0.3) is 0 Å². The normalized spacial score (nSPS) is 12.3. The van der Waals surface area contributed by atoms with E-state index < -0.39 is 0 Å². The van der Waals surface area contributed by atoms with Crippen molar-refractivity contribution in [1.82, 2.24) is 5.32 Å². The van der Waals surface area contributed by atoms with Gasteiger partial charge in [-0.15, -0.1) is 11.3 Å². The van der Waals surface area contributed by atoms with Gasteiger partial charge in [0.2, 0.25) is 0 Å². The topological polar surface area (TPSA) is 21.3 Å². The zero-order valence-electron chi connectivity index (χ0n) is 9.93. The van der Waals surface area contributed by atoms with Crippen LogP contribution in [0, 0.1) is 0 Å². The second kappa shape index (κ2) is 6.42. The highest BCUT2D eigenvalue weighted by atomic mass is 32.1. The van der Waals surface area contributed by atoms with Gasteiger partial charge in [0.05, 0.1) is 6.61 Å². The Morgan fingerprint density at radius 1 is 1.18 bits per heavy atom. The van der Waals surface area contributed by atoms with Crippen LogP contribution in [0.2, 0.25) is 0 Å². The summed E-state index contributed by atoms with van der Waals surface area (Å²) in [6.45, 7) is 0.730. The fourth-order valence-corrected chi connectivity index (χ4v) is 2.60. The Morgan fingerprint density at radius 3 is 2.65 bits per heavy atom. The van der Waals surface area contributed by atoms with E-state index in [1.54, 1.807) is 11.3 Å². The Morgan fingerprint density at radius 2 is 2.00 bits per heavy atom. The zero-order chi connectivity index (χ0) is 11.9. The monoisotopic (exact) mass is 247 g/mol. The second-order valence-electron chi connectivity index (χ2n) is 3.81. The molecule has 1 aromatic heterocycles. The van der Waals surface area contributed by atoms with Crippen molar-refractivity contribution >= 4 is 11.3 Å². The first kappa shape index (κ1) is 12.1. The van der Waals surface area contributed by atoms with Crippen LogP contribution >= 0.6 is 11.3 Å². The van der Waals surface area contributed by atoms with Gasteiger partial charge in [-0.25, -0.2) is 0 Å². The fourth-order valence-electron chi connectivity index (χ4n) is 1.73. The summed E-state index contributed by atoms with van der Waals surface area (Å²) in [6.07, 6.45) is 0.978. The Hall–Kier alpha value is -1.32. The molecule has 1 N–H and O–H groups in total. The molecule has 0 amide bonds. The summed E-state index contributed by atoms with van der Waals surface area (Å²) in [7, 11) is 1.99. The number of para-hydroxylation sites is 1. The molecule has 2 aromatic rings. The van der Waals surface area contributed by atoms with E-state index in [2.05, 4.69) is 22.8 Å². The molecule has 0 aliphatic rings. The highest BCUT2D eigenvalue weighted by Crippen LogP contribution is 2.21. The van der Waals surface area contributed by atoms with Crippen molar-refractivity contribution in [2.45, 2.75) is 12.5 Å². The summed E-state index contributed by atoms with van der Waals surface area (Å²) in [5.41, 5.74) is 0. The molecule has 0 saturated heterocycles. The van der Waals surface area contributed by atoms with E-state index in [-0.39, 0.29) is 0 Å². The second-order valence-corrected chi connectivity index (χ2v) is 4.79. The van der Waals surface area contributed by atoms with Crippen molar-refractivity contribution in [2.75, 3.05) is 13.7 Å². The first-order valence-electron chi connectivity index (χ1n) is 5.78. The van der Waals surface area contributed by atoms with Gasteiger partial charge in [0.1, 0.15) is 5.75 Å². The van der Waals surface area contributed by atoms with Gasteiger partial charge in [0.15, 0.2) is 0 Å². The van der Waals surface area contributed by atoms with Crippen LogP contribution < -0.4 is 10.1 Å².